The van der Waals surface area contributed by atoms with Gasteiger partial charge >= 0.3 is 0 Å². The van der Waals surface area contributed by atoms with Crippen LogP contribution in [0.2, 0.25) is 0 Å². The molecule has 0 spiro atoms. The molecular formula is C22H30N4O2. The Hall–Kier alpha value is -2.63. The van der Waals surface area contributed by atoms with Crippen LogP contribution in [0.4, 0.5) is 5.69 Å². The van der Waals surface area contributed by atoms with Gasteiger partial charge in [-0.15, -0.1) is 0 Å². The van der Waals surface area contributed by atoms with E-state index in [0.29, 0.717) is 18.1 Å². The summed E-state index contributed by atoms with van der Waals surface area (Å²) in [4.78, 5) is 29.9. The molecule has 150 valence electrons. The smallest absolute Gasteiger partial charge is 0.287 e. The number of aromatic nitrogens is 2. The summed E-state index contributed by atoms with van der Waals surface area (Å²) >= 11 is 0. The van der Waals surface area contributed by atoms with Gasteiger partial charge in [-0.3, -0.25) is 9.59 Å². The Balaban J connectivity index is 1.77. The molecule has 0 aliphatic carbocycles. The van der Waals surface area contributed by atoms with Crippen LogP contribution in [0.25, 0.3) is 0 Å². The Morgan fingerprint density at radius 3 is 2.57 bits per heavy atom. The summed E-state index contributed by atoms with van der Waals surface area (Å²) in [7, 11) is 0. The topological polar surface area (TPSA) is 76.0 Å². The summed E-state index contributed by atoms with van der Waals surface area (Å²) in [6.07, 6.45) is 6.89. The highest BCUT2D eigenvalue weighted by atomic mass is 16.2. The lowest BCUT2D eigenvalue weighted by molar-refractivity contribution is 0.0937. The molecule has 0 radical (unpaired) electrons. The summed E-state index contributed by atoms with van der Waals surface area (Å²) in [5, 5.41) is 5.87. The molecule has 1 aliphatic heterocycles. The number of imidazole rings is 1. The highest BCUT2D eigenvalue weighted by Gasteiger charge is 2.27. The van der Waals surface area contributed by atoms with Gasteiger partial charge in [-0.2, -0.15) is 0 Å². The van der Waals surface area contributed by atoms with Crippen molar-refractivity contribution < 1.29 is 9.59 Å². The van der Waals surface area contributed by atoms with Gasteiger partial charge in [-0.1, -0.05) is 38.8 Å². The summed E-state index contributed by atoms with van der Waals surface area (Å²) in [5.41, 5.74) is 3.20. The lowest BCUT2D eigenvalue weighted by Gasteiger charge is -2.17. The zero-order valence-electron chi connectivity index (χ0n) is 16.9. The number of amides is 2. The number of nitrogens with zero attached hydrogens (tertiary/aromatic N) is 2. The van der Waals surface area contributed by atoms with Gasteiger partial charge in [0.15, 0.2) is 11.5 Å². The fourth-order valence-corrected chi connectivity index (χ4v) is 3.57. The van der Waals surface area contributed by atoms with Crippen molar-refractivity contribution in [1.82, 2.24) is 14.9 Å². The van der Waals surface area contributed by atoms with E-state index in [1.165, 1.54) is 5.56 Å². The van der Waals surface area contributed by atoms with Gasteiger partial charge in [0, 0.05) is 18.8 Å². The summed E-state index contributed by atoms with van der Waals surface area (Å²) in [6, 6.07) is 7.82. The number of fused-ring (bicyclic) bond motifs is 1. The molecule has 0 saturated heterocycles. The van der Waals surface area contributed by atoms with E-state index in [4.69, 9.17) is 0 Å². The van der Waals surface area contributed by atoms with Crippen molar-refractivity contribution in [3.05, 3.63) is 47.0 Å². The van der Waals surface area contributed by atoms with Crippen LogP contribution >= 0.6 is 0 Å². The highest BCUT2D eigenvalue weighted by Crippen LogP contribution is 2.22. The first-order chi connectivity index (χ1) is 13.6. The van der Waals surface area contributed by atoms with Gasteiger partial charge in [-0.25, -0.2) is 4.98 Å². The van der Waals surface area contributed by atoms with Gasteiger partial charge in [0.1, 0.15) is 0 Å². The van der Waals surface area contributed by atoms with Crippen LogP contribution in [0, 0.1) is 0 Å². The molecule has 2 N–H and O–H groups in total. The number of carbonyl (C=O) groups is 2. The number of aryl methyl sites for hydroxylation is 1. The second kappa shape index (κ2) is 9.53. The standard InChI is InChI=1S/C22H30N4O2/c1-3-5-7-14-23-22(28)20-25-19(18-9-6-8-15-26(18)20)21(27)24-17-12-10-16(4-2)11-13-17/h10-13H,3-9,14-15H2,1-2H3,(H,23,28)(H,24,27). The lowest BCUT2D eigenvalue weighted by atomic mass is 10.1. The Bertz CT molecular complexity index is 824. The molecule has 28 heavy (non-hydrogen) atoms. The van der Waals surface area contributed by atoms with E-state index in [1.807, 2.05) is 28.8 Å². The minimum Gasteiger partial charge on any atom is -0.349 e. The van der Waals surface area contributed by atoms with E-state index >= 15 is 0 Å². The van der Waals surface area contributed by atoms with Crippen LogP contribution in [0.1, 0.15) is 78.3 Å². The first kappa shape index (κ1) is 20.1. The summed E-state index contributed by atoms with van der Waals surface area (Å²) in [5.74, 6) is -0.0804. The van der Waals surface area contributed by atoms with Gasteiger partial charge in [-0.05, 0) is 49.8 Å². The van der Waals surface area contributed by atoms with Crippen molar-refractivity contribution in [3.8, 4) is 0 Å². The van der Waals surface area contributed by atoms with Crippen molar-refractivity contribution in [2.75, 3.05) is 11.9 Å². The Morgan fingerprint density at radius 2 is 1.86 bits per heavy atom. The number of nitrogens with one attached hydrogen (secondary N) is 2. The van der Waals surface area contributed by atoms with Crippen LogP contribution in [0.3, 0.4) is 0 Å². The fourth-order valence-electron chi connectivity index (χ4n) is 3.57. The number of hydrogen-bond donors (Lipinski definition) is 2. The van der Waals surface area contributed by atoms with Crippen molar-refractivity contribution >= 4 is 17.5 Å². The first-order valence-corrected chi connectivity index (χ1v) is 10.4. The van der Waals surface area contributed by atoms with Crippen molar-refractivity contribution in [1.29, 1.82) is 0 Å². The average molecular weight is 383 g/mol. The third-order valence-electron chi connectivity index (χ3n) is 5.22. The molecule has 0 bridgehead atoms. The molecule has 0 atom stereocenters. The van der Waals surface area contributed by atoms with Gasteiger partial charge in [0.2, 0.25) is 0 Å². The highest BCUT2D eigenvalue weighted by molar-refractivity contribution is 6.05. The van der Waals surface area contributed by atoms with E-state index in [1.54, 1.807) is 0 Å². The second-order valence-corrected chi connectivity index (χ2v) is 7.31. The lowest BCUT2D eigenvalue weighted by Crippen LogP contribution is -2.28. The predicted molar refractivity (Wildman–Crippen MR) is 111 cm³/mol. The average Bonchev–Trinajstić information content (AvgIpc) is 3.11. The Kier molecular flexibility index (Phi) is 6.85. The number of anilines is 1. The third kappa shape index (κ3) is 4.61. The zero-order valence-corrected chi connectivity index (χ0v) is 16.9. The van der Waals surface area contributed by atoms with Crippen LogP contribution in [0.15, 0.2) is 24.3 Å². The predicted octanol–water partition coefficient (Wildman–Crippen LogP) is 3.95. The van der Waals surface area contributed by atoms with E-state index < -0.39 is 0 Å². The molecule has 0 saturated carbocycles. The van der Waals surface area contributed by atoms with Crippen LogP contribution in [-0.4, -0.2) is 27.9 Å². The first-order valence-electron chi connectivity index (χ1n) is 10.4. The van der Waals surface area contributed by atoms with Crippen molar-refractivity contribution in [2.45, 2.75) is 65.3 Å². The molecule has 6 nitrogen and oxygen atoms in total. The van der Waals surface area contributed by atoms with Gasteiger partial charge in [0.25, 0.3) is 11.8 Å². The number of benzene rings is 1. The largest absolute Gasteiger partial charge is 0.349 e. The molecule has 1 aromatic heterocycles. The molecule has 1 aromatic carbocycles. The van der Waals surface area contributed by atoms with Crippen molar-refractivity contribution in [3.63, 3.8) is 0 Å². The maximum absolute atomic E-state index is 12.9. The molecule has 1 aliphatic rings. The third-order valence-corrected chi connectivity index (χ3v) is 5.22. The van der Waals surface area contributed by atoms with Crippen LogP contribution in [0.5, 0.6) is 0 Å². The minimum atomic E-state index is -0.250. The Labute approximate surface area is 166 Å². The molecular weight excluding hydrogens is 352 g/mol. The van der Waals surface area contributed by atoms with E-state index in [2.05, 4.69) is 29.5 Å². The van der Waals surface area contributed by atoms with Crippen LogP contribution in [-0.2, 0) is 19.4 Å². The number of hydrogen-bond acceptors (Lipinski definition) is 3. The Morgan fingerprint density at radius 1 is 1.07 bits per heavy atom. The van der Waals surface area contributed by atoms with Crippen molar-refractivity contribution in [2.24, 2.45) is 0 Å². The van der Waals surface area contributed by atoms with E-state index in [-0.39, 0.29) is 11.8 Å². The SMILES string of the molecule is CCCCCNC(=O)c1nc(C(=O)Nc2ccc(CC)cc2)c2n1CCCC2. The number of rotatable bonds is 8. The zero-order chi connectivity index (χ0) is 19.9. The molecule has 2 aromatic rings. The van der Waals surface area contributed by atoms with E-state index in [0.717, 1.165) is 62.9 Å². The van der Waals surface area contributed by atoms with E-state index in [9.17, 15) is 9.59 Å². The monoisotopic (exact) mass is 382 g/mol. The molecule has 0 unspecified atom stereocenters. The number of unbranched alkanes of at least 4 members (excludes halogenated alkanes) is 2. The molecule has 2 amide bonds. The normalized spacial score (nSPS) is 13.1. The summed E-state index contributed by atoms with van der Waals surface area (Å²) in [6.45, 7) is 5.60. The molecule has 0 fully saturated rings. The molecule has 6 heteroatoms. The quantitative estimate of drug-likeness (QED) is 0.679. The maximum Gasteiger partial charge on any atom is 0.287 e. The number of carbonyl (C=O) groups excluding carboxylic acids is 2. The minimum absolute atomic E-state index is 0.189. The van der Waals surface area contributed by atoms with Gasteiger partial charge < -0.3 is 15.2 Å². The maximum atomic E-state index is 12.9. The fraction of sp³-hybridized carbons (Fsp3) is 0.500. The summed E-state index contributed by atoms with van der Waals surface area (Å²) < 4.78 is 1.92. The van der Waals surface area contributed by atoms with Gasteiger partial charge in [0.05, 0.1) is 5.69 Å². The van der Waals surface area contributed by atoms with Crippen LogP contribution < -0.4 is 10.6 Å². The second-order valence-electron chi connectivity index (χ2n) is 7.31. The molecule has 2 heterocycles. The molecule has 3 rings (SSSR count).